The number of fused-ring (bicyclic) bond motifs is 3. The molecule has 1 saturated heterocycles. The molecule has 139 heavy (non-hydrogen) atoms. The van der Waals surface area contributed by atoms with Crippen molar-refractivity contribution in [3.8, 4) is 23.0 Å². The average molecular weight is 2010 g/mol. The summed E-state index contributed by atoms with van der Waals surface area (Å²) in [5, 5.41) is 23.4. The number of halogens is 21. The first kappa shape index (κ1) is 106. The first-order chi connectivity index (χ1) is 65.3. The number of quaternary nitrogens is 1. The quantitative estimate of drug-likeness (QED) is 0.0111. The fourth-order valence-electron chi connectivity index (χ4n) is 15.9. The number of piperidine rings is 1. The van der Waals surface area contributed by atoms with Crippen LogP contribution in [0.5, 0.6) is 23.0 Å². The normalized spacial score (nSPS) is 16.5. The van der Waals surface area contributed by atoms with E-state index in [2.05, 4.69) is 88.9 Å². The van der Waals surface area contributed by atoms with Crippen molar-refractivity contribution in [3.63, 3.8) is 0 Å². The number of hydrogen-bond donors (Lipinski definition) is 6. The first-order valence-corrected chi connectivity index (χ1v) is 43.0. The zero-order valence-electron chi connectivity index (χ0n) is 73.1. The highest BCUT2D eigenvalue weighted by Gasteiger charge is 2.63. The standard InChI is InChI=1S/C48H50N2O5.C26H17ClF9N3O3.C26H16ClF9N2O3.ClH/c1-4-38-27-44(47(51)41-23-24-49-43-22-21-40(52-3)28-42(41)43)50(30-39(38)5-2)29-37-25-45(53-31-34-15-9-6-10-16-34)48(55-33-36-19-13-8-14-20-36)46(26-37)54-32-35-17-11-7-12-18-35;27-15-8-13(7-14(9-15)25(31,32)33)23(26(34,35)36)10-20(39-42-23)18-5-6-19(17-4-2-1-3-16(17)18)22(41)37-11-21(40)38-12-24(28,29)30;27-15-8-13(7-14(9-15)25(31,32)33)20(26(34,35)36)10-21(39)18-5-6-19(17-4-2-1-3-16(17)18)23(41)37-11-22(40)38-12-24(28,29)30;/h5-26,28,38-39,44,47,51H,2,4,27,29-33H2,1,3H3;1-9H,10-12H2,(H,37,41)(H,38,40);1-10H,11-12H2,(H,37,41)(H,38,40);1H/b;;20-10+;/t38?,39?,44-,47+;23-;;/m00../s1. The summed E-state index contributed by atoms with van der Waals surface area (Å²) in [7, 11) is 1.66. The van der Waals surface area contributed by atoms with E-state index in [1.807, 2.05) is 78.9 Å². The number of aromatic nitrogens is 1. The average Bonchev–Trinajstić information content (AvgIpc) is 1.59. The second-order valence-corrected chi connectivity index (χ2v) is 32.9. The van der Waals surface area contributed by atoms with Crippen LogP contribution in [0.3, 0.4) is 0 Å². The lowest BCUT2D eigenvalue weighted by atomic mass is 9.77. The Morgan fingerprint density at radius 1 is 0.554 bits per heavy atom. The van der Waals surface area contributed by atoms with Crippen molar-refractivity contribution >= 4 is 96.3 Å². The molecule has 3 unspecified atom stereocenters. The zero-order valence-corrected chi connectivity index (χ0v) is 75.4. The molecule has 732 valence electrons. The molecule has 39 heteroatoms. The van der Waals surface area contributed by atoms with Crippen molar-refractivity contribution in [2.24, 2.45) is 17.0 Å². The molecular weight excluding hydrogens is 1920 g/mol. The smallest absolute Gasteiger partial charge is 0.435 e. The molecule has 11 aromatic carbocycles. The number of aliphatic hydroxyl groups is 1. The Kier molecular flexibility index (Phi) is 34.7. The van der Waals surface area contributed by atoms with Crippen molar-refractivity contribution < 1.29 is 149 Å². The molecule has 0 aliphatic carbocycles. The Morgan fingerprint density at radius 2 is 1.04 bits per heavy atom. The number of allylic oxidation sites excluding steroid dienone is 2. The summed E-state index contributed by atoms with van der Waals surface area (Å²) in [5.74, 6) is -2.07. The molecule has 0 spiro atoms. The van der Waals surface area contributed by atoms with E-state index in [-0.39, 0.29) is 86.2 Å². The molecule has 2 aliphatic heterocycles. The highest BCUT2D eigenvalue weighted by Crippen LogP contribution is 2.52. The molecule has 6 atom stereocenters. The van der Waals surface area contributed by atoms with Crippen LogP contribution in [0.4, 0.5) is 79.0 Å². The number of rotatable bonds is 29. The number of aliphatic hydroxyl groups excluding tert-OH is 1. The van der Waals surface area contributed by atoms with Crippen LogP contribution in [0.25, 0.3) is 38.0 Å². The van der Waals surface area contributed by atoms with Gasteiger partial charge >= 0.3 is 37.1 Å². The number of amides is 4. The second kappa shape index (κ2) is 45.5. The minimum atomic E-state index is -5.27. The summed E-state index contributed by atoms with van der Waals surface area (Å²) in [6, 6.07) is 60.8. The van der Waals surface area contributed by atoms with Gasteiger partial charge in [-0.15, -0.1) is 6.58 Å². The molecular formula is C100H84Cl3F18N7O11. The summed E-state index contributed by atoms with van der Waals surface area (Å²) >= 11 is 11.4. The van der Waals surface area contributed by atoms with Gasteiger partial charge in [-0.2, -0.15) is 79.0 Å². The topological polar surface area (TPSA) is 230 Å². The Labute approximate surface area is 798 Å². The van der Waals surface area contributed by atoms with Gasteiger partial charge in [0.2, 0.25) is 17.6 Å². The van der Waals surface area contributed by atoms with Crippen molar-refractivity contribution in [1.29, 1.82) is 0 Å². The predicted octanol–water partition coefficient (Wildman–Crippen LogP) is 19.0. The molecule has 18 nitrogen and oxygen atoms in total. The largest absolute Gasteiger partial charge is 1.00 e. The number of ether oxygens (including phenoxy) is 4. The summed E-state index contributed by atoms with van der Waals surface area (Å²) in [6.45, 7) is 4.22. The number of benzene rings is 11. The second-order valence-electron chi connectivity index (χ2n) is 32.0. The minimum absolute atomic E-state index is 0. The zero-order chi connectivity index (χ0) is 99.8. The van der Waals surface area contributed by atoms with Crippen LogP contribution < -0.4 is 57.5 Å². The maximum atomic E-state index is 14.4. The van der Waals surface area contributed by atoms with Crippen molar-refractivity contribution in [1.82, 2.24) is 26.3 Å². The molecule has 1 fully saturated rings. The van der Waals surface area contributed by atoms with Crippen LogP contribution in [-0.2, 0) is 58.7 Å². The van der Waals surface area contributed by atoms with E-state index in [1.54, 1.807) is 23.9 Å². The van der Waals surface area contributed by atoms with Crippen molar-refractivity contribution in [3.05, 3.63) is 344 Å². The van der Waals surface area contributed by atoms with Gasteiger partial charge in [0, 0.05) is 73.8 Å². The molecule has 0 radical (unpaired) electrons. The predicted molar refractivity (Wildman–Crippen MR) is 479 cm³/mol. The third-order valence-electron chi connectivity index (χ3n) is 22.6. The third kappa shape index (κ3) is 27.6. The van der Waals surface area contributed by atoms with Crippen LogP contribution in [0.15, 0.2) is 267 Å². The maximum Gasteiger partial charge on any atom is 0.435 e. The van der Waals surface area contributed by atoms with Gasteiger partial charge in [0.15, 0.2) is 17.3 Å². The fraction of sp³-hybridized carbons (Fsp3) is 0.250. The summed E-state index contributed by atoms with van der Waals surface area (Å²) in [6.07, 6.45) is -25.8. The first-order valence-electron chi connectivity index (χ1n) is 42.2. The van der Waals surface area contributed by atoms with E-state index in [4.69, 9.17) is 47.0 Å². The van der Waals surface area contributed by atoms with Crippen LogP contribution in [0.2, 0.25) is 10.0 Å². The summed E-state index contributed by atoms with van der Waals surface area (Å²) < 4.78 is 264. The minimum Gasteiger partial charge on any atom is -1.00 e. The summed E-state index contributed by atoms with van der Waals surface area (Å²) in [5.41, 5.74) is -4.74. The Balaban J connectivity index is 0.000000202. The SMILES string of the molecule is C=CC1C[NH+](Cc2cc(OCc3ccccc3)c(OCc3ccccc3)c(OCc3ccccc3)c2)[C@H]([C@H](O)c2ccnc3ccc(OC)cc23)CC1CC.O=C(CNC(=O)c1ccc(C(=O)/C=C(\c2cc(Cl)cc(C(F)(F)F)c2)C(F)(F)F)c2ccccc12)NCC(F)(F)F.O=C(CNC(=O)c1ccc(C2=NO[C@@](c3cc(Cl)cc(C(F)(F)F)c3)(C(F)(F)F)C2)c2ccccc12)NCC(F)(F)F.[Cl-]. The van der Waals surface area contributed by atoms with Gasteiger partial charge in [-0.05, 0) is 152 Å². The van der Waals surface area contributed by atoms with E-state index < -0.39 is 149 Å². The number of pyridine rings is 1. The molecule has 2 aliphatic rings. The lowest BCUT2D eigenvalue weighted by molar-refractivity contribution is -0.952. The van der Waals surface area contributed by atoms with Gasteiger partial charge < -0.3 is 67.5 Å². The van der Waals surface area contributed by atoms with Crippen LogP contribution in [0.1, 0.15) is 119 Å². The Morgan fingerprint density at radius 3 is 1.53 bits per heavy atom. The molecule has 1 aromatic heterocycles. The van der Waals surface area contributed by atoms with E-state index in [9.17, 15) is 108 Å². The Bertz CT molecular complexity index is 6410. The van der Waals surface area contributed by atoms with E-state index in [0.29, 0.717) is 79.7 Å². The van der Waals surface area contributed by atoms with Gasteiger partial charge in [0.05, 0.1) is 54.7 Å². The molecule has 3 heterocycles. The number of nitrogens with zero attached hydrogens (tertiary/aromatic N) is 2. The van der Waals surface area contributed by atoms with Gasteiger partial charge in [-0.25, -0.2) is 0 Å². The molecule has 6 N–H and O–H groups in total. The van der Waals surface area contributed by atoms with Gasteiger partial charge in [0.25, 0.3) is 17.4 Å². The van der Waals surface area contributed by atoms with E-state index in [1.165, 1.54) is 65.6 Å². The molecule has 4 amide bonds. The highest BCUT2D eigenvalue weighted by atomic mass is 35.5. The molecule has 0 bridgehead atoms. The van der Waals surface area contributed by atoms with Crippen molar-refractivity contribution in [2.75, 3.05) is 39.8 Å². The monoisotopic (exact) mass is 2010 g/mol. The van der Waals surface area contributed by atoms with E-state index in [0.717, 1.165) is 76.0 Å². The third-order valence-corrected chi connectivity index (χ3v) is 23.0. The number of likely N-dealkylation sites (tertiary alicyclic amines) is 1. The lowest BCUT2D eigenvalue weighted by Crippen LogP contribution is -3.17. The maximum absolute atomic E-state index is 14.4. The lowest BCUT2D eigenvalue weighted by Gasteiger charge is -2.42. The van der Waals surface area contributed by atoms with Crippen LogP contribution in [-0.4, -0.2) is 116 Å². The number of carbonyl (C=O) groups is 5. The van der Waals surface area contributed by atoms with Gasteiger partial charge in [-0.3, -0.25) is 29.0 Å². The van der Waals surface area contributed by atoms with Gasteiger partial charge in [-0.1, -0.05) is 193 Å². The highest BCUT2D eigenvalue weighted by molar-refractivity contribution is 6.31. The number of carbonyl (C=O) groups excluding carboxylic acids is 5. The Hall–Kier alpha value is -13.4. The number of methoxy groups -OCH3 is 1. The summed E-state index contributed by atoms with van der Waals surface area (Å²) in [4.78, 5) is 72.4. The number of hydrogen-bond acceptors (Lipinski definition) is 13. The number of oxime groups is 1. The fourth-order valence-corrected chi connectivity index (χ4v) is 16.3. The molecule has 14 rings (SSSR count). The van der Waals surface area contributed by atoms with Crippen LogP contribution >= 0.6 is 23.2 Å². The molecule has 0 saturated carbocycles. The van der Waals surface area contributed by atoms with Crippen LogP contribution in [0, 0.1) is 11.8 Å². The van der Waals surface area contributed by atoms with Gasteiger partial charge in [0.1, 0.15) is 57.4 Å². The number of alkyl halides is 18. The number of nitrogens with one attached hydrogen (secondary N) is 5. The molecule has 12 aromatic rings. The van der Waals surface area contributed by atoms with Crippen molar-refractivity contribution in [2.45, 2.75) is 107 Å². The van der Waals surface area contributed by atoms with E-state index >= 15 is 0 Å². The number of ketones is 1.